The molecule has 1 saturated carbocycles. The summed E-state index contributed by atoms with van der Waals surface area (Å²) in [6, 6.07) is 5.49. The molecule has 4 heterocycles. The van der Waals surface area contributed by atoms with Crippen molar-refractivity contribution in [2.24, 2.45) is 0 Å². The zero-order chi connectivity index (χ0) is 22.7. The Hall–Kier alpha value is -3.53. The molecule has 0 radical (unpaired) electrons. The minimum absolute atomic E-state index is 0.0517. The standard InChI is InChI=1S/C23H26N6O4/c1-23(2)10-32-20-15-6-12(7-17(20)33-23)9-31-16-5-4-13(16)27-22(30)29-11-25-19-14(24-3)8-18(26-15)28-21(19)29/h6-8,11,13,16H,4-5,9-10H2,1-3H3,(H,27,30)(H2,24,26,28)/t13-,16-/m1/s1. The SMILES string of the molecule is CNc1cc2nc3c1ncn3C(=O)N[C@@H]1CC[C@H]1OCc1cc(c3c(c1)OC(C)(C)CO3)N2. The highest BCUT2D eigenvalue weighted by Gasteiger charge is 2.35. The Labute approximate surface area is 190 Å². The van der Waals surface area contributed by atoms with Crippen molar-refractivity contribution in [1.82, 2.24) is 19.9 Å². The molecule has 3 N–H and O–H groups in total. The minimum Gasteiger partial charge on any atom is -0.483 e. The lowest BCUT2D eigenvalue weighted by Gasteiger charge is -2.37. The normalized spacial score (nSPS) is 23.1. The second-order valence-corrected chi connectivity index (χ2v) is 9.32. The van der Waals surface area contributed by atoms with Gasteiger partial charge in [0, 0.05) is 13.1 Å². The molecule has 1 aliphatic carbocycles. The fourth-order valence-electron chi connectivity index (χ4n) is 4.43. The van der Waals surface area contributed by atoms with E-state index >= 15 is 0 Å². The molecule has 3 aliphatic rings. The van der Waals surface area contributed by atoms with Crippen molar-refractivity contribution in [3.05, 3.63) is 30.1 Å². The van der Waals surface area contributed by atoms with Crippen molar-refractivity contribution in [3.8, 4) is 11.5 Å². The van der Waals surface area contributed by atoms with Crippen molar-refractivity contribution in [2.45, 2.75) is 51.0 Å². The molecule has 2 atom stereocenters. The molecular weight excluding hydrogens is 424 g/mol. The van der Waals surface area contributed by atoms with E-state index in [2.05, 4.69) is 20.9 Å². The van der Waals surface area contributed by atoms with Crippen LogP contribution in [0.15, 0.2) is 24.5 Å². The van der Waals surface area contributed by atoms with Gasteiger partial charge in [0.1, 0.15) is 29.9 Å². The molecule has 1 fully saturated rings. The number of nitrogens with zero attached hydrogens (tertiary/aromatic N) is 3. The molecule has 0 spiro atoms. The van der Waals surface area contributed by atoms with Gasteiger partial charge in [0.2, 0.25) is 0 Å². The zero-order valence-electron chi connectivity index (χ0n) is 18.8. The van der Waals surface area contributed by atoms with Gasteiger partial charge in [-0.2, -0.15) is 0 Å². The van der Waals surface area contributed by atoms with Gasteiger partial charge in [0.15, 0.2) is 17.1 Å². The summed E-state index contributed by atoms with van der Waals surface area (Å²) in [7, 11) is 1.81. The summed E-state index contributed by atoms with van der Waals surface area (Å²) < 4.78 is 19.9. The van der Waals surface area contributed by atoms with Gasteiger partial charge in [-0.3, -0.25) is 0 Å². The molecule has 10 nitrogen and oxygen atoms in total. The number of carbonyl (C=O) groups excluding carboxylic acids is 1. The first kappa shape index (κ1) is 20.1. The number of pyridine rings is 1. The molecular formula is C23H26N6O4. The topological polar surface area (TPSA) is 112 Å². The van der Waals surface area contributed by atoms with Crippen LogP contribution in [-0.4, -0.2) is 52.0 Å². The van der Waals surface area contributed by atoms with Crippen LogP contribution in [0.4, 0.5) is 22.0 Å². The van der Waals surface area contributed by atoms with Crippen molar-refractivity contribution in [2.75, 3.05) is 24.3 Å². The van der Waals surface area contributed by atoms with Crippen molar-refractivity contribution < 1.29 is 19.0 Å². The number of nitrogens with one attached hydrogen (secondary N) is 3. The van der Waals surface area contributed by atoms with Crippen LogP contribution in [0.25, 0.3) is 11.2 Å². The number of aromatic nitrogens is 3. The fraction of sp³-hybridized carbons (Fsp3) is 0.435. The first-order valence-corrected chi connectivity index (χ1v) is 11.1. The third-order valence-electron chi connectivity index (χ3n) is 6.30. The number of fused-ring (bicyclic) bond motifs is 6. The Bertz CT molecular complexity index is 1270. The molecule has 10 heteroatoms. The second kappa shape index (κ2) is 7.24. The van der Waals surface area contributed by atoms with Crippen molar-refractivity contribution >= 4 is 34.4 Å². The summed E-state index contributed by atoms with van der Waals surface area (Å²) in [5, 5.41) is 9.58. The van der Waals surface area contributed by atoms with Crippen molar-refractivity contribution in [1.29, 1.82) is 0 Å². The molecule has 4 bridgehead atoms. The second-order valence-electron chi connectivity index (χ2n) is 9.32. The quantitative estimate of drug-likeness (QED) is 0.517. The van der Waals surface area contributed by atoms with E-state index in [9.17, 15) is 4.79 Å². The first-order chi connectivity index (χ1) is 15.9. The lowest BCUT2D eigenvalue weighted by molar-refractivity contribution is -0.0326. The van der Waals surface area contributed by atoms with E-state index < -0.39 is 5.60 Å². The van der Waals surface area contributed by atoms with Gasteiger partial charge in [-0.15, -0.1) is 0 Å². The number of imidazole rings is 1. The van der Waals surface area contributed by atoms with Gasteiger partial charge in [0.25, 0.3) is 0 Å². The Kier molecular flexibility index (Phi) is 4.41. The van der Waals surface area contributed by atoms with Crippen LogP contribution < -0.4 is 25.4 Å². The fourth-order valence-corrected chi connectivity index (χ4v) is 4.43. The van der Waals surface area contributed by atoms with E-state index in [0.717, 1.165) is 29.8 Å². The molecule has 2 aromatic heterocycles. The summed E-state index contributed by atoms with van der Waals surface area (Å²) in [5.41, 5.74) is 3.08. The number of hydrogen-bond acceptors (Lipinski definition) is 8. The number of hydrogen-bond donors (Lipinski definition) is 3. The number of ether oxygens (including phenoxy) is 3. The van der Waals surface area contributed by atoms with Crippen LogP contribution in [0, 0.1) is 0 Å². The smallest absolute Gasteiger partial charge is 0.328 e. The first-order valence-electron chi connectivity index (χ1n) is 11.1. The maximum Gasteiger partial charge on any atom is 0.328 e. The lowest BCUT2D eigenvalue weighted by atomic mass is 9.89. The summed E-state index contributed by atoms with van der Waals surface area (Å²) in [6.45, 7) is 4.81. The number of benzene rings is 1. The molecule has 33 heavy (non-hydrogen) atoms. The van der Waals surface area contributed by atoms with E-state index in [1.54, 1.807) is 0 Å². The van der Waals surface area contributed by atoms with Crippen LogP contribution in [0.2, 0.25) is 0 Å². The van der Waals surface area contributed by atoms with Crippen LogP contribution >= 0.6 is 0 Å². The van der Waals surface area contributed by atoms with Gasteiger partial charge in [0.05, 0.1) is 30.1 Å². The van der Waals surface area contributed by atoms with Crippen LogP contribution in [0.3, 0.4) is 0 Å². The molecule has 3 aromatic rings. The molecule has 172 valence electrons. The van der Waals surface area contributed by atoms with E-state index in [0.29, 0.717) is 41.7 Å². The third kappa shape index (κ3) is 3.41. The van der Waals surface area contributed by atoms with Gasteiger partial charge in [-0.25, -0.2) is 19.3 Å². The van der Waals surface area contributed by atoms with E-state index in [1.807, 2.05) is 39.1 Å². The summed E-state index contributed by atoms with van der Waals surface area (Å²) in [4.78, 5) is 22.1. The van der Waals surface area contributed by atoms with Crippen LogP contribution in [-0.2, 0) is 11.3 Å². The number of amides is 1. The van der Waals surface area contributed by atoms with E-state index in [-0.39, 0.29) is 18.2 Å². The lowest BCUT2D eigenvalue weighted by Crippen LogP contribution is -2.52. The van der Waals surface area contributed by atoms with E-state index in [4.69, 9.17) is 19.2 Å². The van der Waals surface area contributed by atoms with Gasteiger partial charge in [-0.1, -0.05) is 0 Å². The van der Waals surface area contributed by atoms with Crippen molar-refractivity contribution in [3.63, 3.8) is 0 Å². The Balaban J connectivity index is 1.51. The minimum atomic E-state index is -0.434. The summed E-state index contributed by atoms with van der Waals surface area (Å²) in [6.07, 6.45) is 3.21. The molecule has 0 unspecified atom stereocenters. The number of carbonyl (C=O) groups is 1. The summed E-state index contributed by atoms with van der Waals surface area (Å²) >= 11 is 0. The predicted molar refractivity (Wildman–Crippen MR) is 123 cm³/mol. The number of anilines is 3. The predicted octanol–water partition coefficient (Wildman–Crippen LogP) is 3.39. The van der Waals surface area contributed by atoms with Gasteiger partial charge >= 0.3 is 6.03 Å². The highest BCUT2D eigenvalue weighted by Crippen LogP contribution is 2.44. The molecule has 0 saturated heterocycles. The molecule has 1 amide bonds. The zero-order valence-corrected chi connectivity index (χ0v) is 18.8. The Morgan fingerprint density at radius 3 is 2.91 bits per heavy atom. The van der Waals surface area contributed by atoms with E-state index in [1.165, 1.54) is 10.9 Å². The van der Waals surface area contributed by atoms with Crippen LogP contribution in [0.1, 0.15) is 32.3 Å². The molecule has 6 rings (SSSR count). The van der Waals surface area contributed by atoms with Crippen LogP contribution in [0.5, 0.6) is 11.5 Å². The number of rotatable bonds is 1. The maximum atomic E-state index is 13.0. The Morgan fingerprint density at radius 2 is 2.12 bits per heavy atom. The maximum absolute atomic E-state index is 13.0. The average molecular weight is 450 g/mol. The molecule has 2 aliphatic heterocycles. The summed E-state index contributed by atoms with van der Waals surface area (Å²) in [5.74, 6) is 1.85. The largest absolute Gasteiger partial charge is 0.483 e. The Morgan fingerprint density at radius 1 is 1.24 bits per heavy atom. The highest BCUT2D eigenvalue weighted by molar-refractivity contribution is 5.94. The third-order valence-corrected chi connectivity index (χ3v) is 6.30. The monoisotopic (exact) mass is 450 g/mol. The van der Waals surface area contributed by atoms with Gasteiger partial charge < -0.3 is 30.2 Å². The van der Waals surface area contributed by atoms with Gasteiger partial charge in [-0.05, 0) is 44.4 Å². The average Bonchev–Trinajstić information content (AvgIpc) is 3.18. The highest BCUT2D eigenvalue weighted by atomic mass is 16.6. The molecule has 1 aromatic carbocycles.